The van der Waals surface area contributed by atoms with Gasteiger partial charge in [-0.15, -0.1) is 0 Å². The molecule has 16 heteroatoms. The fourth-order valence-electron chi connectivity index (χ4n) is 9.90. The molecule has 0 radical (unpaired) electrons. The summed E-state index contributed by atoms with van der Waals surface area (Å²) in [6.45, 7) is 13.8. The highest BCUT2D eigenvalue weighted by atomic mass is 16.5. The summed E-state index contributed by atoms with van der Waals surface area (Å²) >= 11 is 0. The topological polar surface area (TPSA) is 195 Å². The monoisotopic (exact) mass is 909 g/mol. The lowest BCUT2D eigenvalue weighted by Crippen LogP contribution is -2.61. The number of nitrogens with zero attached hydrogens (tertiary/aromatic N) is 4. The second kappa shape index (κ2) is 24.7. The third-order valence-corrected chi connectivity index (χ3v) is 14.1. The number of carboxylic acids is 1. The van der Waals surface area contributed by atoms with Gasteiger partial charge >= 0.3 is 5.97 Å². The molecule has 0 saturated carbocycles. The maximum absolute atomic E-state index is 14.6. The highest BCUT2D eigenvalue weighted by Crippen LogP contribution is 2.32. The molecule has 0 aromatic heterocycles. The molecule has 2 fully saturated rings. The molecule has 3 aliphatic heterocycles. The van der Waals surface area contributed by atoms with Crippen molar-refractivity contribution >= 4 is 41.4 Å². The van der Waals surface area contributed by atoms with E-state index < -0.39 is 59.7 Å². The standard InChI is InChI=1S/C49H76N6O10/c1-10-33(4)43(38(64-8)31-41(58)54-29-18-22-37(54)44(65-9)34(5)45(59)50-36(47(61)62)30-35-20-14-13-15-21-35)52(7)46(60)42(32(2)3)51-48(63)49(6)25-19-27-53(49)26-16-11-12-17-28-55-39(56)23-24-40(55)57/h13-15,20-21,23-24,32-34,36-38,42-44H,10-12,16-19,22,25-31H2,1-9H3,(H,50,59)(H,51,63)(H,61,62)/t33?,34?,36?,37-,38?,42?,43?,44?,49-/m0/s1. The van der Waals surface area contributed by atoms with Crippen molar-refractivity contribution in [2.75, 3.05) is 47.4 Å². The number of hydrogen-bond acceptors (Lipinski definition) is 10. The van der Waals surface area contributed by atoms with Crippen LogP contribution in [0.3, 0.4) is 0 Å². The predicted molar refractivity (Wildman–Crippen MR) is 246 cm³/mol. The maximum atomic E-state index is 14.6. The van der Waals surface area contributed by atoms with Crippen LogP contribution in [0, 0.1) is 17.8 Å². The van der Waals surface area contributed by atoms with Crippen molar-refractivity contribution in [1.82, 2.24) is 30.2 Å². The lowest BCUT2D eigenvalue weighted by atomic mass is 9.89. The molecule has 3 heterocycles. The van der Waals surface area contributed by atoms with Gasteiger partial charge in [-0.3, -0.25) is 38.6 Å². The number of hydrogen-bond donors (Lipinski definition) is 3. The lowest BCUT2D eigenvalue weighted by molar-refractivity contribution is -0.148. The molecule has 2 saturated heterocycles. The van der Waals surface area contributed by atoms with Gasteiger partial charge in [-0.25, -0.2) is 4.79 Å². The van der Waals surface area contributed by atoms with Crippen LogP contribution in [-0.2, 0) is 49.5 Å². The second-order valence-corrected chi connectivity index (χ2v) is 18.8. The summed E-state index contributed by atoms with van der Waals surface area (Å²) in [6.07, 6.45) is 8.09. The molecule has 0 spiro atoms. The number of amides is 6. The number of likely N-dealkylation sites (N-methyl/N-ethyl adjacent to an activating group) is 1. The first-order valence-electron chi connectivity index (χ1n) is 23.7. The smallest absolute Gasteiger partial charge is 0.326 e. The van der Waals surface area contributed by atoms with E-state index in [0.717, 1.165) is 44.2 Å². The molecule has 0 aliphatic carbocycles. The van der Waals surface area contributed by atoms with E-state index in [1.807, 2.05) is 65.0 Å². The van der Waals surface area contributed by atoms with E-state index in [1.165, 1.54) is 31.3 Å². The van der Waals surface area contributed by atoms with Gasteiger partial charge < -0.3 is 35.0 Å². The van der Waals surface area contributed by atoms with Crippen LogP contribution in [0.2, 0.25) is 0 Å². The molecule has 6 amide bonds. The number of carbonyl (C=O) groups is 7. The van der Waals surface area contributed by atoms with Crippen LogP contribution in [-0.4, -0.2) is 155 Å². The van der Waals surface area contributed by atoms with E-state index in [1.54, 1.807) is 23.8 Å². The van der Waals surface area contributed by atoms with Gasteiger partial charge in [-0.05, 0) is 75.9 Å². The normalized spacial score (nSPS) is 22.1. The van der Waals surface area contributed by atoms with Gasteiger partial charge in [0.1, 0.15) is 12.1 Å². The van der Waals surface area contributed by atoms with Crippen LogP contribution in [0.15, 0.2) is 42.5 Å². The minimum absolute atomic E-state index is 0.0355. The molecular formula is C49H76N6O10. The Morgan fingerprint density at radius 3 is 2.12 bits per heavy atom. The summed E-state index contributed by atoms with van der Waals surface area (Å²) in [6, 6.07) is 6.15. The van der Waals surface area contributed by atoms with Crippen molar-refractivity contribution in [2.24, 2.45) is 17.8 Å². The van der Waals surface area contributed by atoms with Crippen LogP contribution in [0.1, 0.15) is 111 Å². The number of unbranched alkanes of at least 4 members (excludes halogenated alkanes) is 3. The number of imide groups is 1. The van der Waals surface area contributed by atoms with Crippen molar-refractivity contribution < 1.29 is 48.1 Å². The molecule has 1 aromatic carbocycles. The third-order valence-electron chi connectivity index (χ3n) is 14.1. The van der Waals surface area contributed by atoms with Crippen LogP contribution in [0.5, 0.6) is 0 Å². The molecule has 3 aliphatic rings. The Labute approximate surface area is 386 Å². The zero-order valence-electron chi connectivity index (χ0n) is 40.3. The Hall–Kier alpha value is -4.67. The minimum Gasteiger partial charge on any atom is -0.480 e. The number of likely N-dealkylation sites (tertiary alicyclic amines) is 2. The summed E-state index contributed by atoms with van der Waals surface area (Å²) in [5.41, 5.74) is -0.0215. The molecule has 7 unspecified atom stereocenters. The van der Waals surface area contributed by atoms with Crippen LogP contribution in [0.25, 0.3) is 0 Å². The number of methoxy groups -OCH3 is 2. The Morgan fingerprint density at radius 1 is 0.892 bits per heavy atom. The Balaban J connectivity index is 1.39. The minimum atomic E-state index is -1.15. The number of ether oxygens (including phenoxy) is 2. The zero-order valence-corrected chi connectivity index (χ0v) is 40.3. The van der Waals surface area contributed by atoms with E-state index in [0.29, 0.717) is 45.3 Å². The predicted octanol–water partition coefficient (Wildman–Crippen LogP) is 4.20. The molecule has 65 heavy (non-hydrogen) atoms. The van der Waals surface area contributed by atoms with E-state index >= 15 is 0 Å². The average Bonchev–Trinajstić information content (AvgIpc) is 4.01. The highest BCUT2D eigenvalue weighted by Gasteiger charge is 2.46. The Morgan fingerprint density at radius 2 is 1.54 bits per heavy atom. The number of carbonyl (C=O) groups excluding carboxylic acids is 6. The van der Waals surface area contributed by atoms with Gasteiger partial charge in [0, 0.05) is 52.9 Å². The van der Waals surface area contributed by atoms with E-state index in [9.17, 15) is 38.7 Å². The van der Waals surface area contributed by atoms with Gasteiger partial charge in [0.15, 0.2) is 0 Å². The fourth-order valence-corrected chi connectivity index (χ4v) is 9.90. The van der Waals surface area contributed by atoms with E-state index in [2.05, 4.69) is 15.5 Å². The highest BCUT2D eigenvalue weighted by molar-refractivity contribution is 6.12. The maximum Gasteiger partial charge on any atom is 0.326 e. The largest absolute Gasteiger partial charge is 0.480 e. The summed E-state index contributed by atoms with van der Waals surface area (Å²) in [7, 11) is 4.75. The first kappa shape index (κ1) is 52.9. The number of aliphatic carboxylic acids is 1. The van der Waals surface area contributed by atoms with Crippen LogP contribution < -0.4 is 10.6 Å². The van der Waals surface area contributed by atoms with Crippen LogP contribution in [0.4, 0.5) is 0 Å². The quantitative estimate of drug-likeness (QED) is 0.0891. The van der Waals surface area contributed by atoms with E-state index in [-0.39, 0.29) is 54.2 Å². The van der Waals surface area contributed by atoms with Gasteiger partial charge in [0.05, 0.1) is 42.2 Å². The van der Waals surface area contributed by atoms with Crippen LogP contribution >= 0.6 is 0 Å². The summed E-state index contributed by atoms with van der Waals surface area (Å²) in [4.78, 5) is 99.5. The Bertz CT molecular complexity index is 1810. The lowest BCUT2D eigenvalue weighted by Gasteiger charge is -2.41. The molecule has 9 atom stereocenters. The van der Waals surface area contributed by atoms with Gasteiger partial charge in [0.2, 0.25) is 23.6 Å². The number of nitrogens with one attached hydrogen (secondary N) is 2. The zero-order chi connectivity index (χ0) is 48.0. The van der Waals surface area contributed by atoms with Crippen molar-refractivity contribution in [1.29, 1.82) is 0 Å². The van der Waals surface area contributed by atoms with Gasteiger partial charge in [-0.2, -0.15) is 0 Å². The third kappa shape index (κ3) is 13.5. The first-order chi connectivity index (χ1) is 30.9. The van der Waals surface area contributed by atoms with Crippen molar-refractivity contribution in [2.45, 2.75) is 154 Å². The average molecular weight is 909 g/mol. The summed E-state index contributed by atoms with van der Waals surface area (Å²) in [5.74, 6) is -3.92. The molecular weight excluding hydrogens is 833 g/mol. The van der Waals surface area contributed by atoms with Crippen molar-refractivity contribution in [3.8, 4) is 0 Å². The second-order valence-electron chi connectivity index (χ2n) is 18.8. The van der Waals surface area contributed by atoms with Gasteiger partial charge in [0.25, 0.3) is 11.8 Å². The van der Waals surface area contributed by atoms with E-state index in [4.69, 9.17) is 9.47 Å². The number of carboxylic acid groups (broad SMARTS) is 1. The molecule has 4 rings (SSSR count). The summed E-state index contributed by atoms with van der Waals surface area (Å²) < 4.78 is 12.0. The number of rotatable bonds is 26. The van der Waals surface area contributed by atoms with Crippen molar-refractivity contribution in [3.05, 3.63) is 48.0 Å². The molecule has 362 valence electrons. The van der Waals surface area contributed by atoms with Gasteiger partial charge in [-0.1, -0.05) is 84.2 Å². The molecule has 16 nitrogen and oxygen atoms in total. The summed E-state index contributed by atoms with van der Waals surface area (Å²) in [5, 5.41) is 15.8. The molecule has 0 bridgehead atoms. The number of benzene rings is 1. The fraction of sp³-hybridized carbons (Fsp3) is 0.694. The Kier molecular flexibility index (Phi) is 20.2. The van der Waals surface area contributed by atoms with Crippen molar-refractivity contribution in [3.63, 3.8) is 0 Å². The first-order valence-corrected chi connectivity index (χ1v) is 23.7. The SMILES string of the molecule is CCC(C)C(C(CC(=O)N1CCC[C@H]1C(OC)C(C)C(=O)NC(Cc1ccccc1)C(=O)O)OC)N(C)C(=O)C(NC(=O)[C@]1(C)CCCN1CCCCCCN1C(=O)C=CC1=O)C(C)C. The molecule has 3 N–H and O–H groups in total. The molecule has 1 aromatic rings.